The molecule has 1 saturated heterocycles. The maximum absolute atomic E-state index is 12.3. The monoisotopic (exact) mass is 320 g/mol. The smallest absolute Gasteiger partial charge is 0.317 e. The Hall–Kier alpha value is -1.79. The number of aryl methyl sites for hydroxylation is 2. The summed E-state index contributed by atoms with van der Waals surface area (Å²) >= 11 is 1.67. The van der Waals surface area contributed by atoms with Crippen molar-refractivity contribution in [3.8, 4) is 0 Å². The summed E-state index contributed by atoms with van der Waals surface area (Å²) < 4.78 is 11.3. The van der Waals surface area contributed by atoms with Crippen LogP contribution in [0, 0.1) is 13.8 Å². The summed E-state index contributed by atoms with van der Waals surface area (Å²) in [5, 5.41) is 5.03. The normalized spacial score (nSPS) is 18.5. The third-order valence-corrected chi connectivity index (χ3v) is 4.82. The van der Waals surface area contributed by atoms with Crippen molar-refractivity contribution < 1.29 is 13.9 Å². The molecule has 3 rings (SSSR count). The number of nitrogens with zero attached hydrogens (tertiary/aromatic N) is 1. The lowest BCUT2D eigenvalue weighted by Gasteiger charge is -2.32. The van der Waals surface area contributed by atoms with Crippen LogP contribution in [-0.4, -0.2) is 30.6 Å². The number of amides is 2. The van der Waals surface area contributed by atoms with Gasteiger partial charge < -0.3 is 19.4 Å². The summed E-state index contributed by atoms with van der Waals surface area (Å²) in [7, 11) is 0. The first kappa shape index (κ1) is 15.1. The topological polar surface area (TPSA) is 54.7 Å². The van der Waals surface area contributed by atoms with Crippen molar-refractivity contribution in [2.24, 2.45) is 0 Å². The van der Waals surface area contributed by atoms with Crippen LogP contribution in [0.25, 0.3) is 0 Å². The molecule has 0 aliphatic carbocycles. The van der Waals surface area contributed by atoms with Crippen LogP contribution in [0.3, 0.4) is 0 Å². The Bertz CT molecular complexity index is 649. The Labute approximate surface area is 133 Å². The fraction of sp³-hybridized carbons (Fsp3) is 0.438. The molecule has 1 N–H and O–H groups in total. The highest BCUT2D eigenvalue weighted by atomic mass is 32.1. The molecular weight excluding hydrogens is 300 g/mol. The number of hydrogen-bond donors (Lipinski definition) is 1. The van der Waals surface area contributed by atoms with E-state index in [2.05, 4.69) is 18.3 Å². The van der Waals surface area contributed by atoms with E-state index in [0.29, 0.717) is 26.2 Å². The van der Waals surface area contributed by atoms with Crippen LogP contribution in [0.15, 0.2) is 28.0 Å². The fourth-order valence-corrected chi connectivity index (χ4v) is 3.33. The zero-order valence-electron chi connectivity index (χ0n) is 12.8. The molecule has 5 nitrogen and oxygen atoms in total. The Morgan fingerprint density at radius 3 is 2.95 bits per heavy atom. The number of furan rings is 1. The molecule has 2 amide bonds. The number of hydrogen-bond acceptors (Lipinski definition) is 4. The van der Waals surface area contributed by atoms with Gasteiger partial charge in [-0.3, -0.25) is 0 Å². The molecule has 118 valence electrons. The molecule has 1 atom stereocenters. The van der Waals surface area contributed by atoms with Crippen molar-refractivity contribution in [1.82, 2.24) is 10.2 Å². The molecule has 6 heteroatoms. The van der Waals surface area contributed by atoms with Crippen LogP contribution < -0.4 is 5.32 Å². The van der Waals surface area contributed by atoms with E-state index in [-0.39, 0.29) is 12.1 Å². The fourth-order valence-electron chi connectivity index (χ4n) is 2.49. The van der Waals surface area contributed by atoms with Gasteiger partial charge in [0, 0.05) is 11.4 Å². The van der Waals surface area contributed by atoms with E-state index in [9.17, 15) is 4.79 Å². The van der Waals surface area contributed by atoms with Gasteiger partial charge in [-0.05, 0) is 43.0 Å². The van der Waals surface area contributed by atoms with Crippen molar-refractivity contribution in [2.45, 2.75) is 26.5 Å². The van der Waals surface area contributed by atoms with Gasteiger partial charge >= 0.3 is 6.03 Å². The van der Waals surface area contributed by atoms with E-state index in [0.717, 1.165) is 11.5 Å². The van der Waals surface area contributed by atoms with Gasteiger partial charge in [-0.1, -0.05) is 0 Å². The van der Waals surface area contributed by atoms with Crippen molar-refractivity contribution in [3.05, 3.63) is 45.5 Å². The summed E-state index contributed by atoms with van der Waals surface area (Å²) in [4.78, 5) is 15.3. The lowest BCUT2D eigenvalue weighted by molar-refractivity contribution is -0.0263. The summed E-state index contributed by atoms with van der Waals surface area (Å²) in [5.74, 6) is 1.64. The third-order valence-electron chi connectivity index (χ3n) is 3.80. The van der Waals surface area contributed by atoms with E-state index < -0.39 is 0 Å². The number of carbonyl (C=O) groups is 1. The minimum atomic E-state index is -0.184. The molecule has 0 aromatic carbocycles. The minimum absolute atomic E-state index is 0.0515. The molecule has 0 saturated carbocycles. The van der Waals surface area contributed by atoms with Gasteiger partial charge in [0.05, 0.1) is 19.7 Å². The number of carbonyl (C=O) groups excluding carboxylic acids is 1. The molecule has 22 heavy (non-hydrogen) atoms. The first-order valence-corrected chi connectivity index (χ1v) is 8.25. The van der Waals surface area contributed by atoms with E-state index in [1.165, 1.54) is 10.4 Å². The van der Waals surface area contributed by atoms with E-state index in [1.807, 2.05) is 24.4 Å². The molecule has 1 fully saturated rings. The Kier molecular flexibility index (Phi) is 4.49. The quantitative estimate of drug-likeness (QED) is 0.944. The zero-order valence-corrected chi connectivity index (χ0v) is 13.6. The molecular formula is C16H20N2O3S. The maximum atomic E-state index is 12.3. The van der Waals surface area contributed by atoms with Gasteiger partial charge in [0.15, 0.2) is 0 Å². The summed E-state index contributed by atoms with van der Waals surface area (Å²) in [6.45, 7) is 6.18. The molecule has 2 aromatic rings. The second kappa shape index (κ2) is 6.54. The molecule has 1 aliphatic rings. The van der Waals surface area contributed by atoms with Crippen LogP contribution >= 0.6 is 11.3 Å². The molecule has 2 aromatic heterocycles. The predicted octanol–water partition coefficient (Wildman–Crippen LogP) is 3.24. The third kappa shape index (κ3) is 3.34. The number of rotatable bonds is 3. The number of morpholine rings is 1. The lowest BCUT2D eigenvalue weighted by atomic mass is 10.2. The van der Waals surface area contributed by atoms with E-state index in [4.69, 9.17) is 9.15 Å². The lowest BCUT2D eigenvalue weighted by Crippen LogP contribution is -2.46. The van der Waals surface area contributed by atoms with E-state index in [1.54, 1.807) is 16.2 Å². The first-order chi connectivity index (χ1) is 10.6. The number of nitrogens with one attached hydrogen (secondary N) is 1. The maximum Gasteiger partial charge on any atom is 0.317 e. The molecule has 0 radical (unpaired) electrons. The molecule has 1 unspecified atom stereocenters. The second-order valence-corrected chi connectivity index (χ2v) is 6.44. The highest BCUT2D eigenvalue weighted by Gasteiger charge is 2.27. The van der Waals surface area contributed by atoms with Crippen molar-refractivity contribution in [2.75, 3.05) is 19.7 Å². The summed E-state index contributed by atoms with van der Waals surface area (Å²) in [6, 6.07) is 5.84. The molecule has 0 spiro atoms. The molecule has 3 heterocycles. The minimum Gasteiger partial charge on any atom is -0.464 e. The predicted molar refractivity (Wildman–Crippen MR) is 85.0 cm³/mol. The summed E-state index contributed by atoms with van der Waals surface area (Å²) in [6.07, 6.45) is -0.184. The van der Waals surface area contributed by atoms with Crippen LogP contribution in [0.5, 0.6) is 0 Å². The van der Waals surface area contributed by atoms with Crippen LogP contribution in [0.2, 0.25) is 0 Å². The number of thiophene rings is 1. The van der Waals surface area contributed by atoms with Gasteiger partial charge in [0.25, 0.3) is 0 Å². The first-order valence-electron chi connectivity index (χ1n) is 7.37. The van der Waals surface area contributed by atoms with Crippen LogP contribution in [-0.2, 0) is 11.3 Å². The molecule has 1 aliphatic heterocycles. The van der Waals surface area contributed by atoms with Gasteiger partial charge in [0.1, 0.15) is 17.6 Å². The average molecular weight is 320 g/mol. The highest BCUT2D eigenvalue weighted by Crippen LogP contribution is 2.24. The Balaban J connectivity index is 1.57. The van der Waals surface area contributed by atoms with Gasteiger partial charge in [-0.2, -0.15) is 0 Å². The Morgan fingerprint density at radius 2 is 2.27 bits per heavy atom. The summed E-state index contributed by atoms with van der Waals surface area (Å²) in [5.41, 5.74) is 1.22. The number of urea groups is 1. The highest BCUT2D eigenvalue weighted by molar-refractivity contribution is 7.10. The van der Waals surface area contributed by atoms with Crippen molar-refractivity contribution in [1.29, 1.82) is 0 Å². The van der Waals surface area contributed by atoms with Crippen LogP contribution in [0.1, 0.15) is 28.1 Å². The second-order valence-electron chi connectivity index (χ2n) is 5.44. The van der Waals surface area contributed by atoms with Crippen molar-refractivity contribution >= 4 is 17.4 Å². The Morgan fingerprint density at radius 1 is 1.41 bits per heavy atom. The largest absolute Gasteiger partial charge is 0.464 e. The van der Waals surface area contributed by atoms with Crippen molar-refractivity contribution in [3.63, 3.8) is 0 Å². The number of ether oxygens (including phenoxy) is 1. The SMILES string of the molecule is Cc1ccc(C2CN(C(=O)NCc3sccc3C)CCO2)o1. The zero-order chi connectivity index (χ0) is 15.5. The van der Waals surface area contributed by atoms with E-state index >= 15 is 0 Å². The molecule has 0 bridgehead atoms. The van der Waals surface area contributed by atoms with Gasteiger partial charge in [-0.15, -0.1) is 11.3 Å². The average Bonchev–Trinajstić information content (AvgIpc) is 3.13. The van der Waals surface area contributed by atoms with Gasteiger partial charge in [0.2, 0.25) is 0 Å². The standard InChI is InChI=1S/C16H20N2O3S/c1-11-5-8-22-15(11)9-17-16(19)18-6-7-20-14(10-18)13-4-3-12(2)21-13/h3-5,8,14H,6-7,9-10H2,1-2H3,(H,17,19). The van der Waals surface area contributed by atoms with Gasteiger partial charge in [-0.25, -0.2) is 4.79 Å². The van der Waals surface area contributed by atoms with Crippen LogP contribution in [0.4, 0.5) is 4.79 Å².